The molecule has 158 valence electrons. The van der Waals surface area contributed by atoms with E-state index in [4.69, 9.17) is 0 Å². The fourth-order valence-corrected chi connectivity index (χ4v) is 2.82. The molecule has 0 atom stereocenters. The number of pyridine rings is 1. The fourth-order valence-electron chi connectivity index (χ4n) is 2.82. The van der Waals surface area contributed by atoms with Crippen LogP contribution in [-0.2, 0) is 17.0 Å². The molecule has 0 amide bonds. The predicted molar refractivity (Wildman–Crippen MR) is 111 cm³/mol. The molecule has 1 aromatic carbocycles. The molecule has 0 radical (unpaired) electrons. The molecular weight excluding hydrogens is 379 g/mol. The number of rotatable bonds is 3. The SMILES string of the molecule is CC(=NNc1ccc(C(F)(F)F)cn1)c1cc(C(C)(C)C)c(O)c(C(C)(C)C)c1. The summed E-state index contributed by atoms with van der Waals surface area (Å²) in [6, 6.07) is 5.98. The highest BCUT2D eigenvalue weighted by Crippen LogP contribution is 2.40. The molecule has 0 aliphatic rings. The second kappa shape index (κ2) is 7.69. The van der Waals surface area contributed by atoms with Crippen LogP contribution in [0.5, 0.6) is 5.75 Å². The highest BCUT2D eigenvalue weighted by molar-refractivity contribution is 5.99. The van der Waals surface area contributed by atoms with Gasteiger partial charge in [0.05, 0.1) is 11.3 Å². The molecule has 0 saturated heterocycles. The van der Waals surface area contributed by atoms with E-state index in [2.05, 4.69) is 15.5 Å². The van der Waals surface area contributed by atoms with Crippen molar-refractivity contribution in [3.8, 4) is 5.75 Å². The molecule has 2 N–H and O–H groups in total. The topological polar surface area (TPSA) is 57.5 Å². The zero-order valence-corrected chi connectivity index (χ0v) is 17.9. The molecule has 0 fully saturated rings. The standard InChI is InChI=1S/C22H28F3N3O/c1-13(27-28-18-9-8-15(12-26-18)22(23,24)25)14-10-16(20(2,3)4)19(29)17(11-14)21(5,6)7/h8-12,29H,1-7H3,(H,26,28). The maximum absolute atomic E-state index is 12.6. The van der Waals surface area contributed by atoms with Gasteiger partial charge >= 0.3 is 6.18 Å². The van der Waals surface area contributed by atoms with Crippen molar-refractivity contribution in [3.05, 3.63) is 52.7 Å². The second-order valence-electron chi connectivity index (χ2n) is 9.16. The van der Waals surface area contributed by atoms with Gasteiger partial charge in [-0.1, -0.05) is 41.5 Å². The minimum absolute atomic E-state index is 0.211. The number of aromatic nitrogens is 1. The van der Waals surface area contributed by atoms with E-state index in [1.165, 1.54) is 6.07 Å². The van der Waals surface area contributed by atoms with Crippen molar-refractivity contribution in [2.75, 3.05) is 5.43 Å². The summed E-state index contributed by atoms with van der Waals surface area (Å²) in [6.45, 7) is 13.9. The number of nitrogens with zero attached hydrogens (tertiary/aromatic N) is 2. The maximum Gasteiger partial charge on any atom is 0.417 e. The van der Waals surface area contributed by atoms with E-state index in [1.54, 1.807) is 6.92 Å². The van der Waals surface area contributed by atoms with Gasteiger partial charge in [-0.3, -0.25) is 5.43 Å². The van der Waals surface area contributed by atoms with Crippen molar-refractivity contribution in [2.24, 2.45) is 5.10 Å². The van der Waals surface area contributed by atoms with Crippen molar-refractivity contribution in [1.82, 2.24) is 4.98 Å². The number of hydrogen-bond acceptors (Lipinski definition) is 4. The summed E-state index contributed by atoms with van der Waals surface area (Å²) in [7, 11) is 0. The lowest BCUT2D eigenvalue weighted by molar-refractivity contribution is -0.137. The van der Waals surface area contributed by atoms with Gasteiger partial charge in [0.25, 0.3) is 0 Å². The third-order valence-corrected chi connectivity index (χ3v) is 4.57. The lowest BCUT2D eigenvalue weighted by atomic mass is 9.78. The van der Waals surface area contributed by atoms with Crippen LogP contribution in [0.15, 0.2) is 35.6 Å². The molecule has 7 heteroatoms. The first-order chi connectivity index (χ1) is 13.1. The van der Waals surface area contributed by atoms with Crippen LogP contribution >= 0.6 is 0 Å². The molecule has 0 saturated carbocycles. The Hall–Kier alpha value is -2.57. The van der Waals surface area contributed by atoms with Gasteiger partial charge in [0.1, 0.15) is 11.6 Å². The van der Waals surface area contributed by atoms with Crippen molar-refractivity contribution in [3.63, 3.8) is 0 Å². The van der Waals surface area contributed by atoms with E-state index in [1.807, 2.05) is 53.7 Å². The number of hydrazone groups is 1. The van der Waals surface area contributed by atoms with Gasteiger partial charge in [0, 0.05) is 17.3 Å². The minimum atomic E-state index is -4.43. The van der Waals surface area contributed by atoms with E-state index in [0.29, 0.717) is 5.71 Å². The Morgan fingerprint density at radius 2 is 1.48 bits per heavy atom. The number of aromatic hydroxyl groups is 1. The van der Waals surface area contributed by atoms with Crippen LogP contribution < -0.4 is 5.43 Å². The van der Waals surface area contributed by atoms with Gasteiger partial charge in [0.15, 0.2) is 0 Å². The summed E-state index contributed by atoms with van der Waals surface area (Å²) in [5.41, 5.74) is 4.40. The number of phenols is 1. The van der Waals surface area contributed by atoms with Crippen LogP contribution in [0, 0.1) is 0 Å². The molecule has 29 heavy (non-hydrogen) atoms. The number of benzene rings is 1. The quantitative estimate of drug-likeness (QED) is 0.468. The van der Waals surface area contributed by atoms with Gasteiger partial charge in [-0.15, -0.1) is 0 Å². The normalized spacial score (nSPS) is 13.5. The Labute approximate surface area is 169 Å². The lowest BCUT2D eigenvalue weighted by Crippen LogP contribution is -2.18. The van der Waals surface area contributed by atoms with E-state index in [9.17, 15) is 18.3 Å². The van der Waals surface area contributed by atoms with Crippen LogP contribution in [0.1, 0.15) is 70.7 Å². The van der Waals surface area contributed by atoms with Crippen LogP contribution in [0.2, 0.25) is 0 Å². The van der Waals surface area contributed by atoms with Crippen LogP contribution in [0.25, 0.3) is 0 Å². The highest BCUT2D eigenvalue weighted by Gasteiger charge is 2.30. The third-order valence-electron chi connectivity index (χ3n) is 4.57. The summed E-state index contributed by atoms with van der Waals surface area (Å²) < 4.78 is 37.9. The molecule has 0 bridgehead atoms. The van der Waals surface area contributed by atoms with Crippen molar-refractivity contribution in [2.45, 2.75) is 65.5 Å². The Morgan fingerprint density at radius 3 is 1.86 bits per heavy atom. The molecule has 0 unspecified atom stereocenters. The third kappa shape index (κ3) is 5.49. The number of halogens is 3. The van der Waals surface area contributed by atoms with Crippen molar-refractivity contribution >= 4 is 11.5 Å². The average molecular weight is 407 g/mol. The summed E-state index contributed by atoms with van der Waals surface area (Å²) in [4.78, 5) is 3.76. The van der Waals surface area contributed by atoms with E-state index >= 15 is 0 Å². The fraction of sp³-hybridized carbons (Fsp3) is 0.455. The second-order valence-corrected chi connectivity index (χ2v) is 9.16. The molecule has 0 aliphatic carbocycles. The van der Waals surface area contributed by atoms with Gasteiger partial charge < -0.3 is 5.11 Å². The van der Waals surface area contributed by atoms with Gasteiger partial charge in [-0.05, 0) is 47.6 Å². The summed E-state index contributed by atoms with van der Waals surface area (Å²) in [6.07, 6.45) is -3.66. The smallest absolute Gasteiger partial charge is 0.417 e. The number of nitrogens with one attached hydrogen (secondary N) is 1. The highest BCUT2D eigenvalue weighted by atomic mass is 19.4. The van der Waals surface area contributed by atoms with E-state index in [0.717, 1.165) is 29.0 Å². The zero-order valence-electron chi connectivity index (χ0n) is 17.9. The Bertz CT molecular complexity index is 868. The molecule has 2 aromatic rings. The number of hydrogen-bond donors (Lipinski definition) is 2. The number of phenolic OH excluding ortho intramolecular Hbond substituents is 1. The summed E-state index contributed by atoms with van der Waals surface area (Å²) in [5.74, 6) is 0.488. The zero-order chi connectivity index (χ0) is 22.2. The van der Waals surface area contributed by atoms with E-state index < -0.39 is 11.7 Å². The molecule has 2 rings (SSSR count). The molecular formula is C22H28F3N3O. The first kappa shape index (κ1) is 22.7. The first-order valence-corrected chi connectivity index (χ1v) is 9.32. The molecule has 1 aromatic heterocycles. The largest absolute Gasteiger partial charge is 0.507 e. The Balaban J connectivity index is 2.40. The minimum Gasteiger partial charge on any atom is -0.507 e. The average Bonchev–Trinajstić information content (AvgIpc) is 2.57. The Kier molecular flexibility index (Phi) is 6.02. The summed E-state index contributed by atoms with van der Waals surface area (Å²) in [5, 5.41) is 15.1. The number of alkyl halides is 3. The summed E-state index contributed by atoms with van der Waals surface area (Å²) >= 11 is 0. The van der Waals surface area contributed by atoms with Crippen molar-refractivity contribution in [1.29, 1.82) is 0 Å². The van der Waals surface area contributed by atoms with E-state index in [-0.39, 0.29) is 22.4 Å². The van der Waals surface area contributed by atoms with Crippen LogP contribution in [0.3, 0.4) is 0 Å². The first-order valence-electron chi connectivity index (χ1n) is 9.32. The van der Waals surface area contributed by atoms with Crippen LogP contribution in [-0.4, -0.2) is 15.8 Å². The molecule has 1 heterocycles. The van der Waals surface area contributed by atoms with Gasteiger partial charge in [-0.2, -0.15) is 18.3 Å². The predicted octanol–water partition coefficient (Wildman–Crippen LogP) is 6.24. The Morgan fingerprint density at radius 1 is 0.966 bits per heavy atom. The molecule has 4 nitrogen and oxygen atoms in total. The van der Waals surface area contributed by atoms with Crippen LogP contribution in [0.4, 0.5) is 19.0 Å². The molecule has 0 aliphatic heterocycles. The van der Waals surface area contributed by atoms with Gasteiger partial charge in [-0.25, -0.2) is 4.98 Å². The monoisotopic (exact) mass is 407 g/mol. The maximum atomic E-state index is 12.6. The molecule has 0 spiro atoms. The van der Waals surface area contributed by atoms with Gasteiger partial charge in [0.2, 0.25) is 0 Å². The number of anilines is 1. The lowest BCUT2D eigenvalue weighted by Gasteiger charge is -2.28. The van der Waals surface area contributed by atoms with Crippen molar-refractivity contribution < 1.29 is 18.3 Å².